The Kier molecular flexibility index (Phi) is 3.22. The summed E-state index contributed by atoms with van der Waals surface area (Å²) in [7, 11) is 0. The molecule has 0 aromatic heterocycles. The van der Waals surface area contributed by atoms with Gasteiger partial charge in [-0.05, 0) is 6.07 Å². The Hall–Kier alpha value is -1.67. The molecule has 0 atom stereocenters. The van der Waals surface area contributed by atoms with E-state index in [1.807, 2.05) is 0 Å². The minimum Gasteiger partial charge on any atom is -0.404 e. The van der Waals surface area contributed by atoms with Crippen molar-refractivity contribution in [3.8, 4) is 18.1 Å². The summed E-state index contributed by atoms with van der Waals surface area (Å²) in [4.78, 5) is 0. The third-order valence-corrected chi connectivity index (χ3v) is 1.64. The van der Waals surface area contributed by atoms with Gasteiger partial charge in [-0.25, -0.2) is 0 Å². The van der Waals surface area contributed by atoms with E-state index in [1.165, 1.54) is 18.2 Å². The second kappa shape index (κ2) is 4.24. The summed E-state index contributed by atoms with van der Waals surface area (Å²) < 4.78 is 39.7. The van der Waals surface area contributed by atoms with E-state index in [4.69, 9.17) is 11.5 Å². The van der Waals surface area contributed by atoms with Gasteiger partial charge in [-0.2, -0.15) is 0 Å². The van der Waals surface area contributed by atoms with E-state index >= 15 is 0 Å². The largest absolute Gasteiger partial charge is 0.573 e. The summed E-state index contributed by atoms with van der Waals surface area (Å²) in [6.07, 6.45) is 0.192. The van der Waals surface area contributed by atoms with Crippen LogP contribution in [0.15, 0.2) is 18.2 Å². The van der Waals surface area contributed by atoms with Crippen molar-refractivity contribution in [2.24, 2.45) is 0 Å². The maximum atomic E-state index is 12.0. The fourth-order valence-corrected chi connectivity index (χ4v) is 1.06. The van der Waals surface area contributed by atoms with Crippen LogP contribution < -0.4 is 4.74 Å². The molecule has 0 aliphatic carbocycles. The highest BCUT2D eigenvalue weighted by molar-refractivity contribution is 5.49. The number of aliphatic hydroxyl groups excluding tert-OH is 1. The number of rotatable bonds is 2. The number of hydrogen-bond donors (Lipinski definition) is 1. The van der Waals surface area contributed by atoms with Crippen molar-refractivity contribution >= 4 is 0 Å². The van der Waals surface area contributed by atoms with Crippen LogP contribution in [0.3, 0.4) is 0 Å². The molecule has 1 rings (SSSR count). The lowest BCUT2D eigenvalue weighted by Crippen LogP contribution is -2.19. The van der Waals surface area contributed by atoms with E-state index in [9.17, 15) is 13.2 Å². The smallest absolute Gasteiger partial charge is 0.404 e. The fraction of sp³-hybridized carbons (Fsp3) is 0.200. The van der Waals surface area contributed by atoms with E-state index in [2.05, 4.69) is 10.7 Å². The van der Waals surface area contributed by atoms with Gasteiger partial charge in [-0.1, -0.05) is 18.1 Å². The minimum absolute atomic E-state index is 0.00257. The van der Waals surface area contributed by atoms with Gasteiger partial charge in [0.15, 0.2) is 5.75 Å². The van der Waals surface area contributed by atoms with Gasteiger partial charge in [-0.15, -0.1) is 19.6 Å². The Bertz CT molecular complexity index is 391. The van der Waals surface area contributed by atoms with Crippen LogP contribution in [0.5, 0.6) is 5.75 Å². The zero-order valence-corrected chi connectivity index (χ0v) is 7.51. The first-order chi connectivity index (χ1) is 6.98. The average molecular weight is 216 g/mol. The molecule has 0 spiro atoms. The number of aliphatic hydroxyl groups is 1. The predicted octanol–water partition coefficient (Wildman–Crippen LogP) is 2.06. The summed E-state index contributed by atoms with van der Waals surface area (Å²) in [6, 6.07) is 4.06. The van der Waals surface area contributed by atoms with Gasteiger partial charge >= 0.3 is 6.36 Å². The summed E-state index contributed by atoms with van der Waals surface area (Å²) in [5.74, 6) is 1.54. The number of hydrogen-bond acceptors (Lipinski definition) is 2. The number of alkyl halides is 3. The lowest BCUT2D eigenvalue weighted by Gasteiger charge is -2.13. The SMILES string of the molecule is C#Cc1cccc(CO)c1OC(F)(F)F. The Morgan fingerprint density at radius 1 is 1.40 bits per heavy atom. The van der Waals surface area contributed by atoms with Gasteiger partial charge < -0.3 is 9.84 Å². The second-order valence-corrected chi connectivity index (χ2v) is 2.64. The van der Waals surface area contributed by atoms with Crippen LogP contribution in [0.25, 0.3) is 0 Å². The van der Waals surface area contributed by atoms with Crippen molar-refractivity contribution in [3.63, 3.8) is 0 Å². The van der Waals surface area contributed by atoms with Crippen molar-refractivity contribution in [2.45, 2.75) is 13.0 Å². The quantitative estimate of drug-likeness (QED) is 0.767. The molecule has 1 N–H and O–H groups in total. The van der Waals surface area contributed by atoms with Gasteiger partial charge in [0.2, 0.25) is 0 Å². The molecule has 2 nitrogen and oxygen atoms in total. The van der Waals surface area contributed by atoms with Crippen molar-refractivity contribution in [1.29, 1.82) is 0 Å². The van der Waals surface area contributed by atoms with Crippen LogP contribution in [-0.2, 0) is 6.61 Å². The molecule has 0 unspecified atom stereocenters. The number of terminal acetylenes is 1. The Labute approximate surface area is 84.3 Å². The van der Waals surface area contributed by atoms with Crippen LogP contribution in [0.4, 0.5) is 13.2 Å². The molecule has 0 aliphatic rings. The van der Waals surface area contributed by atoms with Crippen molar-refractivity contribution in [3.05, 3.63) is 29.3 Å². The van der Waals surface area contributed by atoms with Gasteiger partial charge in [-0.3, -0.25) is 0 Å². The van der Waals surface area contributed by atoms with Crippen LogP contribution in [0.1, 0.15) is 11.1 Å². The number of ether oxygens (including phenoxy) is 1. The van der Waals surface area contributed by atoms with E-state index in [-0.39, 0.29) is 11.1 Å². The highest BCUT2D eigenvalue weighted by Gasteiger charge is 2.33. The van der Waals surface area contributed by atoms with E-state index in [0.717, 1.165) is 0 Å². The summed E-state index contributed by atoms with van der Waals surface area (Å²) in [5.41, 5.74) is -0.0401. The normalized spacial score (nSPS) is 10.9. The Balaban J connectivity index is 3.18. The van der Waals surface area contributed by atoms with Crippen LogP contribution in [0.2, 0.25) is 0 Å². The van der Waals surface area contributed by atoms with Crippen LogP contribution in [0, 0.1) is 12.3 Å². The average Bonchev–Trinajstić information content (AvgIpc) is 2.16. The van der Waals surface area contributed by atoms with E-state index in [0.29, 0.717) is 0 Å². The van der Waals surface area contributed by atoms with E-state index in [1.54, 1.807) is 0 Å². The summed E-state index contributed by atoms with van der Waals surface area (Å²) in [6.45, 7) is -0.569. The predicted molar refractivity (Wildman–Crippen MR) is 47.0 cm³/mol. The van der Waals surface area contributed by atoms with Gasteiger partial charge in [0.25, 0.3) is 0 Å². The monoisotopic (exact) mass is 216 g/mol. The molecular formula is C10H7F3O2. The standard InChI is InChI=1S/C10H7F3O2/c1-2-7-4-3-5-8(6-14)9(7)15-10(11,12)13/h1,3-5,14H,6H2. The van der Waals surface area contributed by atoms with Crippen LogP contribution >= 0.6 is 0 Å². The molecule has 0 aliphatic heterocycles. The van der Waals surface area contributed by atoms with Crippen molar-refractivity contribution in [2.75, 3.05) is 0 Å². The molecule has 0 fully saturated rings. The van der Waals surface area contributed by atoms with Crippen molar-refractivity contribution in [1.82, 2.24) is 0 Å². The van der Waals surface area contributed by atoms with Gasteiger partial charge in [0.05, 0.1) is 12.2 Å². The minimum atomic E-state index is -4.82. The molecule has 15 heavy (non-hydrogen) atoms. The highest BCUT2D eigenvalue weighted by atomic mass is 19.4. The van der Waals surface area contributed by atoms with Crippen molar-refractivity contribution < 1.29 is 23.0 Å². The highest BCUT2D eigenvalue weighted by Crippen LogP contribution is 2.29. The maximum absolute atomic E-state index is 12.0. The molecule has 0 saturated heterocycles. The molecular weight excluding hydrogens is 209 g/mol. The number of para-hydroxylation sites is 1. The molecule has 80 valence electrons. The topological polar surface area (TPSA) is 29.5 Å². The summed E-state index contributed by atoms with van der Waals surface area (Å²) >= 11 is 0. The molecule has 0 radical (unpaired) electrons. The van der Waals surface area contributed by atoms with Crippen LogP contribution in [-0.4, -0.2) is 11.5 Å². The zero-order valence-electron chi connectivity index (χ0n) is 7.51. The number of benzene rings is 1. The fourth-order valence-electron chi connectivity index (χ4n) is 1.06. The third-order valence-electron chi connectivity index (χ3n) is 1.64. The Morgan fingerprint density at radius 2 is 2.07 bits per heavy atom. The molecule has 0 saturated carbocycles. The lowest BCUT2D eigenvalue weighted by atomic mass is 10.1. The molecule has 0 heterocycles. The molecule has 1 aromatic rings. The molecule has 0 amide bonds. The molecule has 5 heteroatoms. The van der Waals surface area contributed by atoms with E-state index < -0.39 is 18.7 Å². The first-order valence-corrected chi connectivity index (χ1v) is 3.93. The first-order valence-electron chi connectivity index (χ1n) is 3.93. The third kappa shape index (κ3) is 2.89. The molecule has 1 aromatic carbocycles. The molecule has 0 bridgehead atoms. The lowest BCUT2D eigenvalue weighted by molar-refractivity contribution is -0.275. The zero-order chi connectivity index (χ0) is 11.5. The maximum Gasteiger partial charge on any atom is 0.573 e. The van der Waals surface area contributed by atoms with Gasteiger partial charge in [0.1, 0.15) is 0 Å². The Morgan fingerprint density at radius 3 is 2.53 bits per heavy atom. The first kappa shape index (κ1) is 11.4. The van der Waals surface area contributed by atoms with Gasteiger partial charge in [0, 0.05) is 5.56 Å². The summed E-state index contributed by atoms with van der Waals surface area (Å²) in [5, 5.41) is 8.82. The number of halogens is 3. The second-order valence-electron chi connectivity index (χ2n) is 2.64.